The maximum Gasteiger partial charge on any atom is 0.573 e. The Balaban J connectivity index is 1.44. The van der Waals surface area contributed by atoms with E-state index in [4.69, 9.17) is 16.3 Å². The summed E-state index contributed by atoms with van der Waals surface area (Å²) in [4.78, 5) is 12.7. The van der Waals surface area contributed by atoms with Gasteiger partial charge >= 0.3 is 12.1 Å². The minimum Gasteiger partial charge on any atom is -0.493 e. The number of ether oxygens (including phenoxy) is 2. The Labute approximate surface area is 185 Å². The monoisotopic (exact) mass is 463 g/mol. The van der Waals surface area contributed by atoms with Crippen molar-refractivity contribution in [2.75, 3.05) is 6.61 Å². The number of hydrogen-bond donors (Lipinski definition) is 0. The first kappa shape index (κ1) is 21.8. The van der Waals surface area contributed by atoms with Crippen LogP contribution in [0.4, 0.5) is 13.2 Å². The van der Waals surface area contributed by atoms with Gasteiger partial charge in [0.05, 0.1) is 6.61 Å². The molecule has 0 N–H and O–H groups in total. The zero-order chi connectivity index (χ0) is 22.7. The Morgan fingerprint density at radius 3 is 2.44 bits per heavy atom. The molecule has 0 bridgehead atoms. The van der Waals surface area contributed by atoms with E-state index in [2.05, 4.69) is 9.84 Å². The van der Waals surface area contributed by atoms with Crippen LogP contribution in [0.2, 0.25) is 5.02 Å². The fraction of sp³-hybridized carbons (Fsp3) is 0.182. The second-order valence-corrected chi connectivity index (χ2v) is 7.32. The maximum absolute atomic E-state index is 12.7. The zero-order valence-corrected chi connectivity index (χ0v) is 17.3. The smallest absolute Gasteiger partial charge is 0.493 e. The Morgan fingerprint density at radius 1 is 0.969 bits per heavy atom. The predicted octanol–water partition coefficient (Wildman–Crippen LogP) is 5.18. The summed E-state index contributed by atoms with van der Waals surface area (Å²) in [6.45, 7) is 0.748. The van der Waals surface area contributed by atoms with E-state index in [-0.39, 0.29) is 11.4 Å². The van der Waals surface area contributed by atoms with Gasteiger partial charge in [0.1, 0.15) is 11.5 Å². The molecule has 4 rings (SSSR count). The normalized spacial score (nSPS) is 11.6. The lowest BCUT2D eigenvalue weighted by Crippen LogP contribution is -2.22. The third-order valence-corrected chi connectivity index (χ3v) is 4.81. The average Bonchev–Trinajstić information content (AvgIpc) is 3.06. The van der Waals surface area contributed by atoms with Crippen molar-refractivity contribution in [3.05, 3.63) is 82.4 Å². The van der Waals surface area contributed by atoms with Crippen molar-refractivity contribution in [1.82, 2.24) is 14.2 Å². The van der Waals surface area contributed by atoms with Gasteiger partial charge in [0.25, 0.3) is 0 Å². The van der Waals surface area contributed by atoms with E-state index in [1.807, 2.05) is 0 Å². The number of benzene rings is 2. The lowest BCUT2D eigenvalue weighted by atomic mass is 10.1. The van der Waals surface area contributed by atoms with E-state index >= 15 is 0 Å². The first-order valence-corrected chi connectivity index (χ1v) is 10.0. The van der Waals surface area contributed by atoms with E-state index in [1.54, 1.807) is 42.6 Å². The summed E-state index contributed by atoms with van der Waals surface area (Å²) in [7, 11) is 0. The van der Waals surface area contributed by atoms with Crippen molar-refractivity contribution in [3.63, 3.8) is 0 Å². The fourth-order valence-electron chi connectivity index (χ4n) is 3.14. The Bertz CT molecular complexity index is 1280. The summed E-state index contributed by atoms with van der Waals surface area (Å²) in [5.41, 5.74) is 1.44. The van der Waals surface area contributed by atoms with Gasteiger partial charge in [-0.2, -0.15) is 0 Å². The third kappa shape index (κ3) is 5.23. The zero-order valence-electron chi connectivity index (χ0n) is 16.6. The van der Waals surface area contributed by atoms with Gasteiger partial charge in [-0.1, -0.05) is 29.8 Å². The van der Waals surface area contributed by atoms with Crippen LogP contribution in [0.25, 0.3) is 16.8 Å². The first-order chi connectivity index (χ1) is 15.3. The van der Waals surface area contributed by atoms with Crippen LogP contribution in [0.15, 0.2) is 71.7 Å². The number of aryl methyl sites for hydroxylation is 1. The van der Waals surface area contributed by atoms with Crippen molar-refractivity contribution in [1.29, 1.82) is 0 Å². The highest BCUT2D eigenvalue weighted by Gasteiger charge is 2.30. The van der Waals surface area contributed by atoms with E-state index < -0.39 is 6.36 Å². The number of rotatable bonds is 7. The Kier molecular flexibility index (Phi) is 6.09. The fourth-order valence-corrected chi connectivity index (χ4v) is 3.33. The van der Waals surface area contributed by atoms with Gasteiger partial charge in [-0.25, -0.2) is 13.9 Å². The lowest BCUT2D eigenvalue weighted by molar-refractivity contribution is -0.274. The molecule has 166 valence electrons. The molecule has 2 heterocycles. The Morgan fingerprint density at radius 2 is 1.72 bits per heavy atom. The van der Waals surface area contributed by atoms with Crippen molar-refractivity contribution in [2.24, 2.45) is 0 Å². The molecule has 0 unspecified atom stereocenters. The molecule has 32 heavy (non-hydrogen) atoms. The second kappa shape index (κ2) is 8.96. The van der Waals surface area contributed by atoms with Crippen LogP contribution in [0.5, 0.6) is 11.5 Å². The highest BCUT2D eigenvalue weighted by atomic mass is 35.5. The third-order valence-electron chi connectivity index (χ3n) is 4.58. The highest BCUT2D eigenvalue weighted by Crippen LogP contribution is 2.26. The molecule has 0 aliphatic carbocycles. The van der Waals surface area contributed by atoms with Crippen LogP contribution in [0.3, 0.4) is 0 Å². The van der Waals surface area contributed by atoms with Crippen LogP contribution in [-0.4, -0.2) is 27.2 Å². The molecule has 6 nitrogen and oxygen atoms in total. The molecule has 10 heteroatoms. The number of aromatic nitrogens is 3. The van der Waals surface area contributed by atoms with Crippen LogP contribution in [0, 0.1) is 0 Å². The topological polar surface area (TPSA) is 57.8 Å². The minimum absolute atomic E-state index is 0.313. The van der Waals surface area contributed by atoms with Gasteiger partial charge in [0.2, 0.25) is 0 Å². The first-order valence-electron chi connectivity index (χ1n) is 9.62. The average molecular weight is 464 g/mol. The minimum atomic E-state index is -4.75. The molecular weight excluding hydrogens is 447 g/mol. The number of pyridine rings is 1. The maximum atomic E-state index is 12.7. The van der Waals surface area contributed by atoms with Gasteiger partial charge in [0, 0.05) is 24.2 Å². The summed E-state index contributed by atoms with van der Waals surface area (Å²) in [6.07, 6.45) is -2.59. The quantitative estimate of drug-likeness (QED) is 0.354. The molecule has 2 aromatic carbocycles. The summed E-state index contributed by atoms with van der Waals surface area (Å²) >= 11 is 5.92. The number of nitrogens with zero attached hydrogens (tertiary/aromatic N) is 3. The van der Waals surface area contributed by atoms with Crippen LogP contribution in [0.1, 0.15) is 6.42 Å². The van der Waals surface area contributed by atoms with Gasteiger partial charge in [-0.3, -0.25) is 0 Å². The summed E-state index contributed by atoms with van der Waals surface area (Å²) in [5.74, 6) is 0.337. The molecule has 0 fully saturated rings. The van der Waals surface area contributed by atoms with E-state index in [1.165, 1.54) is 33.3 Å². The molecule has 0 amide bonds. The molecule has 0 radical (unpaired) electrons. The van der Waals surface area contributed by atoms with Crippen LogP contribution >= 0.6 is 11.6 Å². The van der Waals surface area contributed by atoms with Crippen LogP contribution in [-0.2, 0) is 6.54 Å². The summed E-state index contributed by atoms with van der Waals surface area (Å²) in [6, 6.07) is 15.9. The highest BCUT2D eigenvalue weighted by molar-refractivity contribution is 6.30. The number of halogens is 4. The van der Waals surface area contributed by atoms with E-state index in [9.17, 15) is 18.0 Å². The van der Waals surface area contributed by atoms with Gasteiger partial charge in [-0.05, 0) is 53.6 Å². The molecule has 0 aliphatic heterocycles. The summed E-state index contributed by atoms with van der Waals surface area (Å²) < 4.78 is 49.2. The largest absolute Gasteiger partial charge is 0.573 e. The van der Waals surface area contributed by atoms with Crippen molar-refractivity contribution in [3.8, 4) is 22.6 Å². The number of hydrogen-bond acceptors (Lipinski definition) is 4. The molecule has 0 saturated carbocycles. The van der Waals surface area contributed by atoms with Crippen molar-refractivity contribution in [2.45, 2.75) is 19.3 Å². The number of alkyl halides is 3. The van der Waals surface area contributed by atoms with Gasteiger partial charge < -0.3 is 9.47 Å². The van der Waals surface area contributed by atoms with Gasteiger partial charge in [0.15, 0.2) is 5.65 Å². The van der Waals surface area contributed by atoms with Gasteiger partial charge in [-0.15, -0.1) is 18.3 Å². The predicted molar refractivity (Wildman–Crippen MR) is 113 cm³/mol. The number of fused-ring (bicyclic) bond motifs is 1. The Hall–Kier alpha value is -3.46. The lowest BCUT2D eigenvalue weighted by Gasteiger charge is -2.09. The second-order valence-electron chi connectivity index (χ2n) is 6.88. The SMILES string of the molecule is O=c1n(CCCOc2cccc(Cl)c2)nc2ccc(-c3ccc(OC(F)(F)F)cc3)cn12. The van der Waals surface area contributed by atoms with Crippen molar-refractivity contribution >= 4 is 17.2 Å². The van der Waals surface area contributed by atoms with E-state index in [0.717, 1.165) is 0 Å². The van der Waals surface area contributed by atoms with Crippen LogP contribution < -0.4 is 15.2 Å². The molecule has 0 atom stereocenters. The molecule has 0 spiro atoms. The standard InChI is InChI=1S/C22H17ClF3N3O3/c23-17-3-1-4-19(13-17)31-12-2-11-29-21(30)28-14-16(7-10-20(28)27-29)15-5-8-18(9-6-15)32-22(24,25)26/h1,3-10,13-14H,2,11-12H2. The molecule has 4 aromatic rings. The molecule has 0 saturated heterocycles. The summed E-state index contributed by atoms with van der Waals surface area (Å²) in [5, 5.41) is 4.89. The molecular formula is C22H17ClF3N3O3. The molecule has 0 aliphatic rings. The van der Waals surface area contributed by atoms with E-state index in [0.29, 0.717) is 47.1 Å². The molecule has 2 aromatic heterocycles. The van der Waals surface area contributed by atoms with Crippen molar-refractivity contribution < 1.29 is 22.6 Å².